The van der Waals surface area contributed by atoms with Crippen molar-refractivity contribution in [3.8, 4) is 0 Å². The Balaban J connectivity index is 0.000000236. The molecule has 0 radical (unpaired) electrons. The summed E-state index contributed by atoms with van der Waals surface area (Å²) >= 11 is 0. The van der Waals surface area contributed by atoms with Gasteiger partial charge in [-0.3, -0.25) is 18.7 Å². The highest BCUT2D eigenvalue weighted by Gasteiger charge is 2.25. The van der Waals surface area contributed by atoms with E-state index >= 15 is 0 Å². The summed E-state index contributed by atoms with van der Waals surface area (Å²) in [6.07, 6.45) is 2.25. The molecular weight excluding hydrogens is 846 g/mol. The summed E-state index contributed by atoms with van der Waals surface area (Å²) in [5, 5.41) is 4.79. The SMILES string of the molecule is CCOP(=O)(CNC(=O)c1ccc(N(C)Cc2cnc3nc(N)nc(N)c3n2)cc1)OCC.CN(Cc1cnc2nc(N)nc(N)c2n1)c1ccc(C(=O)NCP(=O)(O)O)cc1. The Hall–Kier alpha value is -6.68. The number of nitrogen functional groups attached to an aromatic ring is 4. The van der Waals surface area contributed by atoms with Crippen molar-refractivity contribution >= 4 is 84.2 Å². The molecule has 6 aromatic rings. The first-order valence-corrected chi connectivity index (χ1v) is 22.1. The molecule has 0 aliphatic rings. The van der Waals surface area contributed by atoms with Gasteiger partial charge in [-0.1, -0.05) is 0 Å². The van der Waals surface area contributed by atoms with Crippen LogP contribution < -0.4 is 43.4 Å². The molecule has 0 saturated carbocycles. The summed E-state index contributed by atoms with van der Waals surface area (Å²) in [4.78, 5) is 79.0. The molecule has 26 heteroatoms. The van der Waals surface area contributed by atoms with Gasteiger partial charge in [0.2, 0.25) is 11.9 Å². The lowest BCUT2D eigenvalue weighted by Gasteiger charge is -2.19. The maximum atomic E-state index is 12.5. The van der Waals surface area contributed by atoms with E-state index in [9.17, 15) is 18.7 Å². The smallest absolute Gasteiger partial charge is 0.349 e. The number of nitrogens with zero attached hydrogens (tertiary/aromatic N) is 10. The van der Waals surface area contributed by atoms with Crippen LogP contribution in [0.4, 0.5) is 34.9 Å². The largest absolute Gasteiger partial charge is 0.382 e. The lowest BCUT2D eigenvalue weighted by Crippen LogP contribution is -2.26. The van der Waals surface area contributed by atoms with Crippen LogP contribution in [0.25, 0.3) is 22.3 Å². The molecule has 0 unspecified atom stereocenters. The molecule has 0 saturated heterocycles. The van der Waals surface area contributed by atoms with Gasteiger partial charge < -0.3 is 62.2 Å². The second-order valence-electron chi connectivity index (χ2n) is 13.2. The molecule has 12 N–H and O–H groups in total. The van der Waals surface area contributed by atoms with E-state index in [2.05, 4.69) is 50.5 Å². The molecular formula is C36H46N16O8P2. The standard InChI is InChI=1S/C20H27N8O4P.C16H19N8O4P/c1-4-31-33(30,32-5-2)12-24-19(29)13-6-8-15(9-7-13)28(3)11-14-10-23-18-16(25-14)17(21)26-20(22)27-18;1-24(7-10-6-19-14-12(21-10)13(17)22-16(18)23-14)11-4-2-9(3-5-11)15(25)20-8-29(26,27)28/h6-10H,4-5,11-12H2,1-3H3,(H,24,29)(H4,21,22,23,26,27);2-6H,7-8H2,1H3,(H,20,25)(H2,26,27,28)(H4,17,18,19,22,23). The molecule has 62 heavy (non-hydrogen) atoms. The third kappa shape index (κ3) is 12.7. The number of amides is 2. The summed E-state index contributed by atoms with van der Waals surface area (Å²) in [5.41, 5.74) is 27.9. The van der Waals surface area contributed by atoms with E-state index in [-0.39, 0.29) is 54.5 Å². The minimum atomic E-state index is -4.31. The van der Waals surface area contributed by atoms with Crippen LogP contribution in [-0.4, -0.2) is 101 Å². The van der Waals surface area contributed by atoms with E-state index in [4.69, 9.17) is 41.8 Å². The van der Waals surface area contributed by atoms with Crippen molar-refractivity contribution in [1.29, 1.82) is 0 Å². The number of fused-ring (bicyclic) bond motifs is 2. The Morgan fingerprint density at radius 2 is 1.02 bits per heavy atom. The van der Waals surface area contributed by atoms with Crippen LogP contribution in [-0.2, 0) is 31.3 Å². The molecule has 0 aliphatic heterocycles. The Morgan fingerprint density at radius 3 is 1.39 bits per heavy atom. The summed E-state index contributed by atoms with van der Waals surface area (Å²) in [5.74, 6) is -0.559. The first-order chi connectivity index (χ1) is 29.4. The van der Waals surface area contributed by atoms with E-state index in [1.165, 1.54) is 0 Å². The van der Waals surface area contributed by atoms with Crippen LogP contribution in [0.5, 0.6) is 0 Å². The highest BCUT2D eigenvalue weighted by Crippen LogP contribution is 2.46. The Morgan fingerprint density at radius 1 is 0.629 bits per heavy atom. The lowest BCUT2D eigenvalue weighted by atomic mass is 10.2. The van der Waals surface area contributed by atoms with Crippen LogP contribution >= 0.6 is 15.2 Å². The van der Waals surface area contributed by atoms with Gasteiger partial charge in [0, 0.05) is 36.6 Å². The number of benzene rings is 2. The van der Waals surface area contributed by atoms with Crippen molar-refractivity contribution in [3.05, 3.63) is 83.4 Å². The summed E-state index contributed by atoms with van der Waals surface area (Å²) in [7, 11) is -3.96. The van der Waals surface area contributed by atoms with Crippen LogP contribution in [0.3, 0.4) is 0 Å². The topological polar surface area (TPSA) is 365 Å². The molecule has 0 bridgehead atoms. The number of nitrogens with one attached hydrogen (secondary N) is 2. The average molecular weight is 893 g/mol. The van der Waals surface area contributed by atoms with Crippen molar-refractivity contribution < 1.29 is 37.6 Å². The summed E-state index contributed by atoms with van der Waals surface area (Å²) < 4.78 is 33.7. The van der Waals surface area contributed by atoms with Gasteiger partial charge in [-0.15, -0.1) is 0 Å². The minimum absolute atomic E-state index is 0.0269. The number of rotatable bonds is 16. The van der Waals surface area contributed by atoms with Gasteiger partial charge in [0.15, 0.2) is 34.0 Å². The van der Waals surface area contributed by atoms with Crippen LogP contribution in [0.2, 0.25) is 0 Å². The van der Waals surface area contributed by atoms with Crippen LogP contribution in [0.1, 0.15) is 46.0 Å². The number of anilines is 6. The number of aromatic nitrogens is 8. The first-order valence-electron chi connectivity index (χ1n) is 18.6. The van der Waals surface area contributed by atoms with E-state index < -0.39 is 27.4 Å². The maximum Gasteiger partial charge on any atom is 0.349 e. The quantitative estimate of drug-likeness (QED) is 0.0646. The predicted molar refractivity (Wildman–Crippen MR) is 233 cm³/mol. The van der Waals surface area contributed by atoms with Crippen molar-refractivity contribution in [2.45, 2.75) is 26.9 Å². The molecule has 0 fully saturated rings. The van der Waals surface area contributed by atoms with Crippen molar-refractivity contribution in [1.82, 2.24) is 50.5 Å². The number of carbonyl (C=O) groups excluding carboxylic acids is 2. The van der Waals surface area contributed by atoms with E-state index in [0.29, 0.717) is 52.4 Å². The Labute approximate surface area is 354 Å². The van der Waals surface area contributed by atoms with E-state index in [1.807, 2.05) is 23.9 Å². The zero-order chi connectivity index (χ0) is 45.2. The highest BCUT2D eigenvalue weighted by molar-refractivity contribution is 7.53. The van der Waals surface area contributed by atoms with E-state index in [1.54, 1.807) is 74.8 Å². The third-order valence-corrected chi connectivity index (χ3v) is 10.9. The fourth-order valence-electron chi connectivity index (χ4n) is 5.59. The van der Waals surface area contributed by atoms with Crippen molar-refractivity contribution in [3.63, 3.8) is 0 Å². The van der Waals surface area contributed by atoms with Gasteiger partial charge in [0.25, 0.3) is 11.8 Å². The first kappa shape index (κ1) is 46.4. The molecule has 0 aliphatic carbocycles. The molecule has 0 spiro atoms. The van der Waals surface area contributed by atoms with Crippen LogP contribution in [0, 0.1) is 0 Å². The van der Waals surface area contributed by atoms with E-state index in [0.717, 1.165) is 11.4 Å². The predicted octanol–water partition coefficient (Wildman–Crippen LogP) is 2.26. The maximum absolute atomic E-state index is 12.5. The van der Waals surface area contributed by atoms with Crippen LogP contribution in [0.15, 0.2) is 60.9 Å². The number of hydrogen-bond acceptors (Lipinski definition) is 20. The second kappa shape index (κ2) is 20.3. The van der Waals surface area contributed by atoms with Gasteiger partial charge >= 0.3 is 15.2 Å². The molecule has 2 amide bonds. The fraction of sp³-hybridized carbons (Fsp3) is 0.278. The molecule has 4 heterocycles. The van der Waals surface area contributed by atoms with Gasteiger partial charge in [-0.25, -0.2) is 19.9 Å². The van der Waals surface area contributed by atoms with Gasteiger partial charge in [0.05, 0.1) is 50.1 Å². The van der Waals surface area contributed by atoms with Crippen molar-refractivity contribution in [2.24, 2.45) is 0 Å². The van der Waals surface area contributed by atoms with Gasteiger partial charge in [-0.05, 0) is 62.4 Å². The highest BCUT2D eigenvalue weighted by atomic mass is 31.2. The Bertz CT molecular complexity index is 2630. The number of hydrogen-bond donors (Lipinski definition) is 8. The minimum Gasteiger partial charge on any atom is -0.382 e. The molecule has 24 nitrogen and oxygen atoms in total. The zero-order valence-corrected chi connectivity index (χ0v) is 35.8. The molecule has 328 valence electrons. The normalized spacial score (nSPS) is 11.5. The molecule has 6 rings (SSSR count). The number of carbonyl (C=O) groups is 2. The second-order valence-corrected chi connectivity index (χ2v) is 16.9. The van der Waals surface area contributed by atoms with Gasteiger partial charge in [-0.2, -0.15) is 19.9 Å². The van der Waals surface area contributed by atoms with Gasteiger partial charge in [0.1, 0.15) is 12.6 Å². The van der Waals surface area contributed by atoms with Crippen molar-refractivity contribution in [2.75, 3.05) is 72.6 Å². The number of nitrogens with two attached hydrogens (primary N) is 4. The third-order valence-electron chi connectivity index (χ3n) is 8.47. The Kier molecular flexibility index (Phi) is 15.2. The molecule has 2 aromatic carbocycles. The molecule has 0 atom stereocenters. The monoisotopic (exact) mass is 892 g/mol. The average Bonchev–Trinajstić information content (AvgIpc) is 3.22. The summed E-state index contributed by atoms with van der Waals surface area (Å²) in [6.45, 7) is 4.71. The summed E-state index contributed by atoms with van der Waals surface area (Å²) in [6, 6.07) is 13.5. The lowest BCUT2D eigenvalue weighted by molar-refractivity contribution is 0.0948. The zero-order valence-electron chi connectivity index (χ0n) is 34.0. The fourth-order valence-corrected chi connectivity index (χ4v) is 7.32. The molecule has 4 aromatic heterocycles.